The summed E-state index contributed by atoms with van der Waals surface area (Å²) in [7, 11) is 3.93. The van der Waals surface area contributed by atoms with Crippen LogP contribution < -0.4 is 9.80 Å². The molecule has 3 aromatic heterocycles. The van der Waals surface area contributed by atoms with Crippen molar-refractivity contribution in [3.8, 4) is 17.3 Å². The van der Waals surface area contributed by atoms with E-state index in [1.165, 1.54) is 23.5 Å². The van der Waals surface area contributed by atoms with Crippen LogP contribution in [0.4, 0.5) is 20.3 Å². The van der Waals surface area contributed by atoms with E-state index in [1.54, 1.807) is 28.4 Å². The molecule has 2 aliphatic rings. The van der Waals surface area contributed by atoms with Crippen LogP contribution in [0.3, 0.4) is 0 Å². The molecule has 1 unspecified atom stereocenters. The number of aromatic nitrogens is 3. The Kier molecular flexibility index (Phi) is 7.41. The molecular weight excluding hydrogens is 563 g/mol. The minimum atomic E-state index is -0.387. The zero-order chi connectivity index (χ0) is 28.8. The molecule has 0 aliphatic carbocycles. The first-order valence-electron chi connectivity index (χ1n) is 13.6. The van der Waals surface area contributed by atoms with Gasteiger partial charge in [-0.25, -0.2) is 14.4 Å². The average Bonchev–Trinajstić information content (AvgIpc) is 3.73. The minimum Gasteiger partial charge on any atom is -0.389 e. The van der Waals surface area contributed by atoms with Crippen LogP contribution in [0.5, 0.6) is 0 Å². The number of aryl methyl sites for hydroxylation is 1. The third-order valence-electron chi connectivity index (χ3n) is 7.83. The SMILES string of the molecule is CCc1nc2sc(N3CCC(N(C)CC(=O)N4CC(O)C4)C3)cn2c1N(C)c1nc(-c2ccc(F)cc2)c(C#N)s1. The van der Waals surface area contributed by atoms with Crippen molar-refractivity contribution >= 4 is 49.5 Å². The molecule has 10 nitrogen and oxygen atoms in total. The van der Waals surface area contributed by atoms with E-state index in [9.17, 15) is 19.6 Å². The van der Waals surface area contributed by atoms with Crippen molar-refractivity contribution in [3.63, 3.8) is 0 Å². The topological polar surface area (TPSA) is 104 Å². The fourth-order valence-electron chi connectivity index (χ4n) is 5.43. The molecule has 1 amide bonds. The summed E-state index contributed by atoms with van der Waals surface area (Å²) in [6, 6.07) is 8.53. The summed E-state index contributed by atoms with van der Waals surface area (Å²) in [5, 5.41) is 21.1. The predicted molar refractivity (Wildman–Crippen MR) is 159 cm³/mol. The molecule has 13 heteroatoms. The molecule has 41 heavy (non-hydrogen) atoms. The molecule has 2 fully saturated rings. The molecule has 4 aromatic rings. The van der Waals surface area contributed by atoms with Crippen LogP contribution in [-0.4, -0.2) is 94.1 Å². The van der Waals surface area contributed by atoms with Crippen molar-refractivity contribution in [1.29, 1.82) is 5.26 Å². The van der Waals surface area contributed by atoms with E-state index in [1.807, 2.05) is 19.0 Å². The molecule has 214 valence electrons. The summed E-state index contributed by atoms with van der Waals surface area (Å²) in [5.41, 5.74) is 2.18. The highest BCUT2D eigenvalue weighted by molar-refractivity contribution is 7.21. The van der Waals surface area contributed by atoms with Crippen LogP contribution in [0.15, 0.2) is 30.5 Å². The number of carbonyl (C=O) groups excluding carboxylic acids is 1. The Bertz CT molecular complexity index is 1620. The van der Waals surface area contributed by atoms with Crippen molar-refractivity contribution in [2.45, 2.75) is 31.9 Å². The Hall–Kier alpha value is -3.57. The van der Waals surface area contributed by atoms with Gasteiger partial charge in [-0.2, -0.15) is 5.26 Å². The molecule has 0 radical (unpaired) electrons. The summed E-state index contributed by atoms with van der Waals surface area (Å²) in [5.74, 6) is 0.637. The van der Waals surface area contributed by atoms with Crippen molar-refractivity contribution < 1.29 is 14.3 Å². The number of benzene rings is 1. The number of likely N-dealkylation sites (N-methyl/N-ethyl adjacent to an activating group) is 1. The Morgan fingerprint density at radius 2 is 1.95 bits per heavy atom. The predicted octanol–water partition coefficient (Wildman–Crippen LogP) is 3.57. The standard InChI is InChI=1S/C28H31FN8O2S2/c1-4-21-26(34(3)27-32-25(22(11-30)40-27)17-5-7-18(29)8-6-17)37-16-24(41-28(37)31-21)35-10-9-19(12-35)33(2)15-23(39)36-13-20(38)14-36/h5-8,16,19-20,38H,4,9-10,12-15H2,1-3H3. The number of nitrogens with zero attached hydrogens (tertiary/aromatic N) is 8. The van der Waals surface area contributed by atoms with E-state index in [0.717, 1.165) is 47.4 Å². The number of nitriles is 1. The van der Waals surface area contributed by atoms with Gasteiger partial charge in [0.1, 0.15) is 33.3 Å². The Morgan fingerprint density at radius 1 is 1.20 bits per heavy atom. The number of fused-ring (bicyclic) bond motifs is 1. The first kappa shape index (κ1) is 27.6. The highest BCUT2D eigenvalue weighted by atomic mass is 32.1. The zero-order valence-corrected chi connectivity index (χ0v) is 24.8. The van der Waals surface area contributed by atoms with E-state index in [0.29, 0.717) is 40.9 Å². The van der Waals surface area contributed by atoms with E-state index in [4.69, 9.17) is 9.97 Å². The molecule has 5 heterocycles. The maximum Gasteiger partial charge on any atom is 0.236 e. The van der Waals surface area contributed by atoms with Crippen molar-refractivity contribution in [1.82, 2.24) is 24.2 Å². The quantitative estimate of drug-likeness (QED) is 0.330. The molecule has 0 saturated carbocycles. The third kappa shape index (κ3) is 5.17. The van der Waals surface area contributed by atoms with Gasteiger partial charge in [0.25, 0.3) is 0 Å². The molecule has 0 bridgehead atoms. The number of β-amino-alcohol motifs (C(OH)–C–C–N with tert-alkyl or cyclic N) is 1. The second-order valence-corrected chi connectivity index (χ2v) is 12.5. The summed E-state index contributed by atoms with van der Waals surface area (Å²) >= 11 is 2.94. The summed E-state index contributed by atoms with van der Waals surface area (Å²) < 4.78 is 15.6. The summed E-state index contributed by atoms with van der Waals surface area (Å²) in [4.78, 5) is 31.7. The lowest BCUT2D eigenvalue weighted by Crippen LogP contribution is -2.56. The Balaban J connectivity index is 1.22. The number of hydrogen-bond acceptors (Lipinski definition) is 10. The molecule has 2 saturated heterocycles. The number of carbonyl (C=O) groups is 1. The molecule has 1 aromatic carbocycles. The van der Waals surface area contributed by atoms with Gasteiger partial charge in [0.05, 0.1) is 18.3 Å². The average molecular weight is 595 g/mol. The fourth-order valence-corrected chi connectivity index (χ4v) is 7.31. The highest BCUT2D eigenvalue weighted by Gasteiger charge is 2.33. The monoisotopic (exact) mass is 594 g/mol. The maximum absolute atomic E-state index is 13.5. The van der Waals surface area contributed by atoms with Crippen LogP contribution >= 0.6 is 22.7 Å². The van der Waals surface area contributed by atoms with E-state index in [2.05, 4.69) is 33.4 Å². The first-order chi connectivity index (χ1) is 19.7. The third-order valence-corrected chi connectivity index (χ3v) is 9.91. The minimum absolute atomic E-state index is 0.0648. The number of likely N-dealkylation sites (tertiary alicyclic amines) is 1. The van der Waals surface area contributed by atoms with Crippen LogP contribution in [-0.2, 0) is 11.2 Å². The van der Waals surface area contributed by atoms with Crippen LogP contribution in [0.1, 0.15) is 23.9 Å². The summed E-state index contributed by atoms with van der Waals surface area (Å²) in [6.45, 7) is 5.00. The van der Waals surface area contributed by atoms with Gasteiger partial charge in [-0.3, -0.25) is 14.1 Å². The number of hydrogen-bond donors (Lipinski definition) is 1. The van der Waals surface area contributed by atoms with Gasteiger partial charge in [-0.15, -0.1) is 0 Å². The summed E-state index contributed by atoms with van der Waals surface area (Å²) in [6.07, 6.45) is 3.43. The van der Waals surface area contributed by atoms with Gasteiger partial charge in [0.2, 0.25) is 5.91 Å². The normalized spacial score (nSPS) is 17.4. The smallest absolute Gasteiger partial charge is 0.236 e. The Morgan fingerprint density at radius 3 is 2.63 bits per heavy atom. The zero-order valence-electron chi connectivity index (χ0n) is 23.1. The Labute approximate surface area is 245 Å². The number of imidazole rings is 1. The molecule has 2 aliphatic heterocycles. The van der Waals surface area contributed by atoms with E-state index >= 15 is 0 Å². The highest BCUT2D eigenvalue weighted by Crippen LogP contribution is 2.39. The van der Waals surface area contributed by atoms with Crippen molar-refractivity contribution in [2.24, 2.45) is 0 Å². The van der Waals surface area contributed by atoms with Gasteiger partial charge in [0, 0.05) is 51.0 Å². The number of halogens is 1. The number of anilines is 3. The van der Waals surface area contributed by atoms with Crippen molar-refractivity contribution in [2.75, 3.05) is 56.6 Å². The molecule has 6 rings (SSSR count). The number of thiazole rings is 2. The molecule has 1 atom stereocenters. The van der Waals surface area contributed by atoms with E-state index < -0.39 is 0 Å². The number of aliphatic hydroxyl groups excluding tert-OH is 1. The van der Waals surface area contributed by atoms with Gasteiger partial charge >= 0.3 is 0 Å². The number of aliphatic hydroxyl groups is 1. The number of rotatable bonds is 8. The lowest BCUT2D eigenvalue weighted by molar-refractivity contribution is -0.142. The molecular formula is C28H31FN8O2S2. The first-order valence-corrected chi connectivity index (χ1v) is 15.2. The fraction of sp³-hybridized carbons (Fsp3) is 0.429. The molecule has 0 spiro atoms. The molecule has 1 N–H and O–H groups in total. The maximum atomic E-state index is 13.5. The van der Waals surface area contributed by atoms with Crippen LogP contribution in [0.25, 0.3) is 16.2 Å². The largest absolute Gasteiger partial charge is 0.389 e. The van der Waals surface area contributed by atoms with Gasteiger partial charge in [0.15, 0.2) is 10.1 Å². The van der Waals surface area contributed by atoms with Crippen LogP contribution in [0, 0.1) is 17.1 Å². The van der Waals surface area contributed by atoms with Gasteiger partial charge in [-0.05, 0) is 44.2 Å². The van der Waals surface area contributed by atoms with E-state index in [-0.39, 0.29) is 23.9 Å². The van der Waals surface area contributed by atoms with Gasteiger partial charge in [-0.1, -0.05) is 29.6 Å². The van der Waals surface area contributed by atoms with Gasteiger partial charge < -0.3 is 19.8 Å². The van der Waals surface area contributed by atoms with Crippen LogP contribution in [0.2, 0.25) is 0 Å². The second kappa shape index (κ2) is 11.0. The number of amides is 1. The second-order valence-electron chi connectivity index (χ2n) is 10.6. The van der Waals surface area contributed by atoms with Crippen molar-refractivity contribution in [3.05, 3.63) is 46.9 Å². The lowest BCUT2D eigenvalue weighted by Gasteiger charge is -2.37. The lowest BCUT2D eigenvalue weighted by atomic mass is 10.1.